The summed E-state index contributed by atoms with van der Waals surface area (Å²) in [6.07, 6.45) is 0. The number of nitrogen functional groups attached to an aromatic ring is 1. The van der Waals surface area contributed by atoms with Gasteiger partial charge in [0.1, 0.15) is 0 Å². The van der Waals surface area contributed by atoms with Gasteiger partial charge in [-0.05, 0) is 49.2 Å². The zero-order valence-corrected chi connectivity index (χ0v) is 11.9. The predicted molar refractivity (Wildman–Crippen MR) is 77.9 cm³/mol. The highest BCUT2D eigenvalue weighted by Crippen LogP contribution is 2.21. The number of hydrogen-bond acceptors (Lipinski definition) is 2. The molecule has 0 aliphatic carbocycles. The van der Waals surface area contributed by atoms with Crippen molar-refractivity contribution < 1.29 is 4.79 Å². The van der Waals surface area contributed by atoms with E-state index in [1.807, 2.05) is 38.1 Å². The molecule has 0 aromatic heterocycles. The van der Waals surface area contributed by atoms with Crippen molar-refractivity contribution in [3.05, 3.63) is 63.1 Å². The molecular formula is C15H14BrNO. The van der Waals surface area contributed by atoms with Crippen molar-refractivity contribution >= 4 is 27.4 Å². The van der Waals surface area contributed by atoms with Crippen molar-refractivity contribution in [3.63, 3.8) is 0 Å². The highest BCUT2D eigenvalue weighted by molar-refractivity contribution is 9.10. The Morgan fingerprint density at radius 2 is 1.78 bits per heavy atom. The number of nitrogens with two attached hydrogens (primary N) is 1. The summed E-state index contributed by atoms with van der Waals surface area (Å²) in [4.78, 5) is 12.4. The van der Waals surface area contributed by atoms with Gasteiger partial charge in [0.25, 0.3) is 0 Å². The summed E-state index contributed by atoms with van der Waals surface area (Å²) < 4.78 is 0.946. The molecule has 0 amide bonds. The number of carbonyl (C=O) groups is 1. The summed E-state index contributed by atoms with van der Waals surface area (Å²) in [5.74, 6) is 0.0215. The molecule has 0 radical (unpaired) electrons. The van der Waals surface area contributed by atoms with Crippen molar-refractivity contribution in [1.29, 1.82) is 0 Å². The summed E-state index contributed by atoms with van der Waals surface area (Å²) in [5, 5.41) is 0. The van der Waals surface area contributed by atoms with E-state index in [4.69, 9.17) is 5.73 Å². The molecule has 0 saturated heterocycles. The van der Waals surface area contributed by atoms with Gasteiger partial charge in [0.05, 0.1) is 0 Å². The van der Waals surface area contributed by atoms with Crippen LogP contribution in [0.4, 0.5) is 5.69 Å². The monoisotopic (exact) mass is 303 g/mol. The maximum atomic E-state index is 12.4. The molecule has 0 heterocycles. The zero-order valence-electron chi connectivity index (χ0n) is 10.3. The molecule has 18 heavy (non-hydrogen) atoms. The number of aryl methyl sites for hydroxylation is 2. The van der Waals surface area contributed by atoms with Crippen LogP contribution in [0.5, 0.6) is 0 Å². The summed E-state index contributed by atoms with van der Waals surface area (Å²) in [5.41, 5.74) is 9.75. The second-order valence-electron chi connectivity index (χ2n) is 4.37. The van der Waals surface area contributed by atoms with Gasteiger partial charge >= 0.3 is 0 Å². The molecule has 2 aromatic carbocycles. The third-order valence-electron chi connectivity index (χ3n) is 2.93. The highest BCUT2D eigenvalue weighted by Gasteiger charge is 2.12. The maximum absolute atomic E-state index is 12.4. The Kier molecular flexibility index (Phi) is 3.53. The van der Waals surface area contributed by atoms with Crippen LogP contribution < -0.4 is 5.73 Å². The number of benzene rings is 2. The Balaban J connectivity index is 2.44. The highest BCUT2D eigenvalue weighted by atomic mass is 79.9. The lowest BCUT2D eigenvalue weighted by Crippen LogP contribution is -2.04. The largest absolute Gasteiger partial charge is 0.399 e. The van der Waals surface area contributed by atoms with E-state index in [2.05, 4.69) is 15.9 Å². The molecular weight excluding hydrogens is 290 g/mol. The van der Waals surface area contributed by atoms with Gasteiger partial charge in [-0.25, -0.2) is 0 Å². The summed E-state index contributed by atoms with van der Waals surface area (Å²) >= 11 is 3.44. The van der Waals surface area contributed by atoms with E-state index < -0.39 is 0 Å². The number of halogens is 1. The van der Waals surface area contributed by atoms with Gasteiger partial charge in [0.15, 0.2) is 5.78 Å². The number of ketones is 1. The van der Waals surface area contributed by atoms with Crippen LogP contribution >= 0.6 is 15.9 Å². The van der Waals surface area contributed by atoms with Gasteiger partial charge in [-0.1, -0.05) is 28.1 Å². The molecule has 92 valence electrons. The fourth-order valence-electron chi connectivity index (χ4n) is 1.83. The molecule has 0 saturated carbocycles. The lowest BCUT2D eigenvalue weighted by atomic mass is 9.98. The average Bonchev–Trinajstić information content (AvgIpc) is 2.32. The average molecular weight is 304 g/mol. The summed E-state index contributed by atoms with van der Waals surface area (Å²) in [6, 6.07) is 11.0. The minimum atomic E-state index is 0.0215. The first kappa shape index (κ1) is 12.8. The maximum Gasteiger partial charge on any atom is 0.193 e. The Morgan fingerprint density at radius 1 is 1.06 bits per heavy atom. The Labute approximate surface area is 115 Å². The second kappa shape index (κ2) is 4.94. The van der Waals surface area contributed by atoms with Gasteiger partial charge in [0, 0.05) is 21.3 Å². The van der Waals surface area contributed by atoms with Crippen LogP contribution in [-0.4, -0.2) is 5.78 Å². The van der Waals surface area contributed by atoms with Crippen molar-refractivity contribution in [2.75, 3.05) is 5.73 Å². The summed E-state index contributed by atoms with van der Waals surface area (Å²) in [6.45, 7) is 3.89. The lowest BCUT2D eigenvalue weighted by Gasteiger charge is -2.07. The molecule has 0 aliphatic rings. The number of rotatable bonds is 2. The van der Waals surface area contributed by atoms with Crippen molar-refractivity contribution in [2.45, 2.75) is 13.8 Å². The van der Waals surface area contributed by atoms with Crippen molar-refractivity contribution in [2.24, 2.45) is 0 Å². The molecule has 0 bridgehead atoms. The van der Waals surface area contributed by atoms with Crippen molar-refractivity contribution in [1.82, 2.24) is 0 Å². The Morgan fingerprint density at radius 3 is 2.39 bits per heavy atom. The first-order valence-corrected chi connectivity index (χ1v) is 6.45. The summed E-state index contributed by atoms with van der Waals surface area (Å²) in [7, 11) is 0. The van der Waals surface area contributed by atoms with Crippen LogP contribution in [0.1, 0.15) is 27.0 Å². The van der Waals surface area contributed by atoms with E-state index in [-0.39, 0.29) is 5.78 Å². The fraction of sp³-hybridized carbons (Fsp3) is 0.133. The molecule has 2 rings (SSSR count). The lowest BCUT2D eigenvalue weighted by molar-refractivity contribution is 0.103. The van der Waals surface area contributed by atoms with Crippen LogP contribution in [0.2, 0.25) is 0 Å². The van der Waals surface area contributed by atoms with E-state index in [0.29, 0.717) is 16.8 Å². The van der Waals surface area contributed by atoms with E-state index >= 15 is 0 Å². The molecule has 0 atom stereocenters. The molecule has 0 fully saturated rings. The number of carbonyl (C=O) groups excluding carboxylic acids is 1. The Bertz CT molecular complexity index is 620. The molecule has 3 heteroatoms. The predicted octanol–water partition coefficient (Wildman–Crippen LogP) is 3.88. The Hall–Kier alpha value is -1.61. The third kappa shape index (κ3) is 2.46. The molecule has 2 aromatic rings. The minimum Gasteiger partial charge on any atom is -0.399 e. The smallest absolute Gasteiger partial charge is 0.193 e. The van der Waals surface area contributed by atoms with E-state index in [1.54, 1.807) is 12.1 Å². The van der Waals surface area contributed by atoms with Gasteiger partial charge in [-0.2, -0.15) is 0 Å². The first-order chi connectivity index (χ1) is 8.49. The second-order valence-corrected chi connectivity index (χ2v) is 5.22. The van der Waals surface area contributed by atoms with Gasteiger partial charge in [-0.3, -0.25) is 4.79 Å². The van der Waals surface area contributed by atoms with Crippen LogP contribution in [-0.2, 0) is 0 Å². The normalized spacial score (nSPS) is 10.4. The molecule has 0 aliphatic heterocycles. The zero-order chi connectivity index (χ0) is 13.3. The van der Waals surface area contributed by atoms with Crippen LogP contribution in [0, 0.1) is 13.8 Å². The number of hydrogen-bond donors (Lipinski definition) is 1. The molecule has 0 unspecified atom stereocenters. The standard InChI is InChI=1S/C15H14BrNO/c1-9-3-4-11(8-14(9)16)15(18)13-6-5-12(17)7-10(13)2/h3-8H,17H2,1-2H3. The van der Waals surface area contributed by atoms with Crippen LogP contribution in [0.15, 0.2) is 40.9 Å². The molecule has 0 spiro atoms. The SMILES string of the molecule is Cc1ccc(C(=O)c2ccc(N)cc2C)cc1Br. The van der Waals surface area contributed by atoms with Crippen LogP contribution in [0.25, 0.3) is 0 Å². The van der Waals surface area contributed by atoms with E-state index in [1.165, 1.54) is 0 Å². The topological polar surface area (TPSA) is 43.1 Å². The number of anilines is 1. The molecule has 2 nitrogen and oxygen atoms in total. The van der Waals surface area contributed by atoms with Gasteiger partial charge in [0.2, 0.25) is 0 Å². The fourth-order valence-corrected chi connectivity index (χ4v) is 2.21. The third-order valence-corrected chi connectivity index (χ3v) is 3.78. The molecule has 2 N–H and O–H groups in total. The minimum absolute atomic E-state index is 0.0215. The van der Waals surface area contributed by atoms with E-state index in [0.717, 1.165) is 15.6 Å². The van der Waals surface area contributed by atoms with Gasteiger partial charge < -0.3 is 5.73 Å². The van der Waals surface area contributed by atoms with E-state index in [9.17, 15) is 4.79 Å². The van der Waals surface area contributed by atoms with Crippen molar-refractivity contribution in [3.8, 4) is 0 Å². The quantitative estimate of drug-likeness (QED) is 0.676. The van der Waals surface area contributed by atoms with Crippen LogP contribution in [0.3, 0.4) is 0 Å². The van der Waals surface area contributed by atoms with Gasteiger partial charge in [-0.15, -0.1) is 0 Å². The first-order valence-electron chi connectivity index (χ1n) is 5.66.